The van der Waals surface area contributed by atoms with Crippen LogP contribution in [0.15, 0.2) is 231 Å². The van der Waals surface area contributed by atoms with E-state index in [4.69, 9.17) is 0 Å². The molecule has 0 unspecified atom stereocenters. The third-order valence-corrected chi connectivity index (χ3v) is 13.2. The lowest BCUT2D eigenvalue weighted by Gasteiger charge is -2.23. The number of nitrogens with zero attached hydrogens (tertiary/aromatic N) is 3. The fraction of sp³-hybridized carbons (Fsp3) is 0.0161. The minimum atomic E-state index is -4.70. The smallest absolute Gasteiger partial charge is 0.308 e. The van der Waals surface area contributed by atoms with Gasteiger partial charge in [0.2, 0.25) is 0 Å². The number of fused-ring (bicyclic) bond motifs is 6. The predicted octanol–water partition coefficient (Wildman–Crippen LogP) is 17.1. The van der Waals surface area contributed by atoms with Crippen LogP contribution in [-0.4, -0.2) is 9.13 Å². The molecule has 0 aliphatic rings. The Morgan fingerprint density at radius 2 is 0.647 bits per heavy atom. The largest absolute Gasteiger partial charge is 0.417 e. The molecule has 0 spiro atoms. The van der Waals surface area contributed by atoms with Crippen molar-refractivity contribution in [2.75, 3.05) is 0 Å². The highest BCUT2D eigenvalue weighted by molar-refractivity contribution is 6.14. The second-order valence-electron chi connectivity index (χ2n) is 17.1. The van der Waals surface area contributed by atoms with Crippen molar-refractivity contribution >= 4 is 43.6 Å². The topological polar surface area (TPSA) is 33.6 Å². The van der Waals surface area contributed by atoms with Crippen molar-refractivity contribution in [3.63, 3.8) is 0 Å². The van der Waals surface area contributed by atoms with Gasteiger partial charge in [0.1, 0.15) is 0 Å². The molecule has 0 atom stereocenters. The van der Waals surface area contributed by atoms with Gasteiger partial charge < -0.3 is 9.13 Å². The number of nitriles is 1. The molecular formula is C62H38F3N3. The molecule has 0 radical (unpaired) electrons. The third kappa shape index (κ3) is 6.83. The van der Waals surface area contributed by atoms with Gasteiger partial charge in [-0.05, 0) is 117 Å². The summed E-state index contributed by atoms with van der Waals surface area (Å²) in [5.74, 6) is 0. The number of alkyl halides is 3. The van der Waals surface area contributed by atoms with Crippen LogP contribution in [0.3, 0.4) is 0 Å². The molecule has 0 aliphatic heterocycles. The van der Waals surface area contributed by atoms with E-state index in [1.54, 1.807) is 24.3 Å². The van der Waals surface area contributed by atoms with Crippen LogP contribution in [-0.2, 0) is 6.18 Å². The molecule has 2 heterocycles. The number of benzene rings is 10. The molecule has 68 heavy (non-hydrogen) atoms. The lowest BCUT2D eigenvalue weighted by molar-refractivity contribution is -0.137. The summed E-state index contributed by atoms with van der Waals surface area (Å²) >= 11 is 0. The van der Waals surface area contributed by atoms with Crippen molar-refractivity contribution in [2.45, 2.75) is 6.18 Å². The van der Waals surface area contributed by atoms with Crippen LogP contribution in [0.1, 0.15) is 11.1 Å². The molecule has 0 saturated carbocycles. The first kappa shape index (κ1) is 40.6. The lowest BCUT2D eigenvalue weighted by Crippen LogP contribution is -2.10. The van der Waals surface area contributed by atoms with Gasteiger partial charge >= 0.3 is 6.18 Å². The fourth-order valence-electron chi connectivity index (χ4n) is 10.1. The average molecular weight is 882 g/mol. The Morgan fingerprint density at radius 1 is 0.338 bits per heavy atom. The Balaban J connectivity index is 1.23. The monoisotopic (exact) mass is 881 g/mol. The van der Waals surface area contributed by atoms with Gasteiger partial charge in [0.05, 0.1) is 50.6 Å². The van der Waals surface area contributed by atoms with E-state index >= 15 is 13.2 Å². The zero-order valence-corrected chi connectivity index (χ0v) is 36.4. The molecule has 0 saturated heterocycles. The van der Waals surface area contributed by atoms with Crippen LogP contribution in [0.2, 0.25) is 0 Å². The summed E-state index contributed by atoms with van der Waals surface area (Å²) in [6, 6.07) is 77.4. The normalized spacial score (nSPS) is 11.7. The minimum Gasteiger partial charge on any atom is -0.308 e. The van der Waals surface area contributed by atoms with Crippen molar-refractivity contribution in [3.05, 3.63) is 242 Å². The van der Waals surface area contributed by atoms with Crippen LogP contribution in [0.5, 0.6) is 0 Å². The summed E-state index contributed by atoms with van der Waals surface area (Å²) in [4.78, 5) is 0. The van der Waals surface area contributed by atoms with Gasteiger partial charge in [-0.3, -0.25) is 0 Å². The van der Waals surface area contributed by atoms with Gasteiger partial charge in [0.15, 0.2) is 0 Å². The van der Waals surface area contributed by atoms with Crippen molar-refractivity contribution in [3.8, 4) is 73.1 Å². The molecule has 6 heteroatoms. The molecule has 12 rings (SSSR count). The minimum absolute atomic E-state index is 0.00288. The van der Waals surface area contributed by atoms with Crippen molar-refractivity contribution in [1.29, 1.82) is 5.26 Å². The molecule has 10 aromatic carbocycles. The van der Waals surface area contributed by atoms with Gasteiger partial charge in [0.25, 0.3) is 0 Å². The maximum atomic E-state index is 15.6. The Morgan fingerprint density at radius 3 is 0.956 bits per heavy atom. The molecule has 0 fully saturated rings. The van der Waals surface area contributed by atoms with Gasteiger partial charge in [0, 0.05) is 27.1 Å². The standard InChI is InChI=1S/C62H38F3N3/c63-62(64,65)54-24-14-13-23-49(54)61-59(67-55-29-25-45(41-15-5-1-6-16-41)35-50(55)51-36-46(26-30-56(51)67)42-17-7-2-8-18-42)33-40(39-66)34-60(61)68-57-31-27-47(43-19-9-3-10-20-43)37-52(57)53-38-48(28-32-58(53)68)44-21-11-4-12-22-44/h1-38H. The Hall–Kier alpha value is -8.92. The predicted molar refractivity (Wildman–Crippen MR) is 272 cm³/mol. The molecule has 2 aromatic heterocycles. The molecule has 0 bridgehead atoms. The van der Waals surface area contributed by atoms with Crippen LogP contribution >= 0.6 is 0 Å². The van der Waals surface area contributed by atoms with E-state index in [1.165, 1.54) is 6.07 Å². The van der Waals surface area contributed by atoms with Crippen LogP contribution < -0.4 is 0 Å². The van der Waals surface area contributed by atoms with Crippen molar-refractivity contribution in [2.24, 2.45) is 0 Å². The summed E-state index contributed by atoms with van der Waals surface area (Å²) in [7, 11) is 0. The van der Waals surface area contributed by atoms with Crippen LogP contribution in [0.4, 0.5) is 13.2 Å². The van der Waals surface area contributed by atoms with Gasteiger partial charge in [-0.2, -0.15) is 18.4 Å². The summed E-state index contributed by atoms with van der Waals surface area (Å²) in [6.45, 7) is 0. The maximum Gasteiger partial charge on any atom is 0.417 e. The summed E-state index contributed by atoms with van der Waals surface area (Å²) in [6.07, 6.45) is -4.70. The third-order valence-electron chi connectivity index (χ3n) is 13.2. The maximum absolute atomic E-state index is 15.6. The molecule has 0 aliphatic carbocycles. The summed E-state index contributed by atoms with van der Waals surface area (Å²) in [5.41, 5.74) is 12.1. The van der Waals surface area contributed by atoms with E-state index < -0.39 is 11.7 Å². The average Bonchev–Trinajstić information content (AvgIpc) is 3.90. The van der Waals surface area contributed by atoms with E-state index in [2.05, 4.69) is 137 Å². The molecule has 12 aromatic rings. The van der Waals surface area contributed by atoms with Crippen molar-refractivity contribution < 1.29 is 13.2 Å². The Labute approximate surface area is 390 Å². The Kier molecular flexibility index (Phi) is 9.67. The van der Waals surface area contributed by atoms with Gasteiger partial charge in [-0.15, -0.1) is 0 Å². The first-order valence-corrected chi connectivity index (χ1v) is 22.5. The van der Waals surface area contributed by atoms with E-state index in [9.17, 15) is 5.26 Å². The molecule has 322 valence electrons. The quantitative estimate of drug-likeness (QED) is 0.157. The van der Waals surface area contributed by atoms with E-state index in [0.717, 1.165) is 94.2 Å². The number of hydrogen-bond acceptors (Lipinski definition) is 1. The SMILES string of the molecule is N#Cc1cc(-n2c3ccc(-c4ccccc4)cc3c3cc(-c4ccccc4)ccc32)c(-c2ccccc2C(F)(F)F)c(-n2c3ccc(-c4ccccc4)cc3c3cc(-c4ccccc4)ccc32)c1. The van der Waals surface area contributed by atoms with Crippen LogP contribution in [0, 0.1) is 11.3 Å². The first-order valence-electron chi connectivity index (χ1n) is 22.5. The van der Waals surface area contributed by atoms with Gasteiger partial charge in [-0.25, -0.2) is 0 Å². The van der Waals surface area contributed by atoms with Gasteiger partial charge in [-0.1, -0.05) is 164 Å². The highest BCUT2D eigenvalue weighted by Crippen LogP contribution is 2.48. The zero-order chi connectivity index (χ0) is 45.9. The summed E-state index contributed by atoms with van der Waals surface area (Å²) < 4.78 is 50.9. The fourth-order valence-corrected chi connectivity index (χ4v) is 10.1. The zero-order valence-electron chi connectivity index (χ0n) is 36.4. The molecule has 0 N–H and O–H groups in total. The van der Waals surface area contributed by atoms with E-state index in [-0.39, 0.29) is 5.56 Å². The molecule has 3 nitrogen and oxygen atoms in total. The number of halogens is 3. The molecule has 0 amide bonds. The Bertz CT molecular complexity index is 3520. The highest BCUT2D eigenvalue weighted by atomic mass is 19.4. The number of aromatic nitrogens is 2. The van der Waals surface area contributed by atoms with Crippen molar-refractivity contribution in [1.82, 2.24) is 9.13 Å². The summed E-state index contributed by atoms with van der Waals surface area (Å²) in [5, 5.41) is 14.7. The lowest BCUT2D eigenvalue weighted by atomic mass is 9.94. The second kappa shape index (κ2) is 16.2. The number of rotatable bonds is 7. The molecular weight excluding hydrogens is 844 g/mol. The van der Waals surface area contributed by atoms with E-state index in [0.29, 0.717) is 22.5 Å². The number of hydrogen-bond donors (Lipinski definition) is 0. The van der Waals surface area contributed by atoms with Crippen LogP contribution in [0.25, 0.3) is 111 Å². The van der Waals surface area contributed by atoms with E-state index in [1.807, 2.05) is 72.8 Å². The second-order valence-corrected chi connectivity index (χ2v) is 17.1. The highest BCUT2D eigenvalue weighted by Gasteiger charge is 2.36. The first-order chi connectivity index (χ1) is 33.3.